The third-order valence-corrected chi connectivity index (χ3v) is 5.34. The Balaban J connectivity index is 1.80. The van der Waals surface area contributed by atoms with Gasteiger partial charge in [-0.3, -0.25) is 4.99 Å². The highest BCUT2D eigenvalue weighted by Crippen LogP contribution is 2.26. The molecule has 23 heavy (non-hydrogen) atoms. The topological polar surface area (TPSA) is 36.4 Å². The first-order chi connectivity index (χ1) is 11.1. The minimum Gasteiger partial charge on any atom is -0.356 e. The summed E-state index contributed by atoms with van der Waals surface area (Å²) < 4.78 is 26.8. The van der Waals surface area contributed by atoms with Crippen LogP contribution < -0.4 is 10.6 Å². The Bertz CT molecular complexity index is 537. The van der Waals surface area contributed by atoms with Gasteiger partial charge < -0.3 is 10.6 Å². The largest absolute Gasteiger partial charge is 0.356 e. The lowest BCUT2D eigenvalue weighted by molar-refractivity contribution is 0.419. The first-order valence-electron chi connectivity index (χ1n) is 8.07. The van der Waals surface area contributed by atoms with Gasteiger partial charge >= 0.3 is 0 Å². The summed E-state index contributed by atoms with van der Waals surface area (Å²) in [5, 5.41) is 7.34. The Hall–Kier alpha value is -1.30. The van der Waals surface area contributed by atoms with Crippen LogP contribution in [-0.4, -0.2) is 37.1 Å². The summed E-state index contributed by atoms with van der Waals surface area (Å²) in [6.45, 7) is 0.513. The van der Waals surface area contributed by atoms with Crippen LogP contribution >= 0.6 is 11.8 Å². The lowest BCUT2D eigenvalue weighted by Gasteiger charge is -2.29. The zero-order valence-electron chi connectivity index (χ0n) is 13.7. The number of nitrogens with zero attached hydrogens (tertiary/aromatic N) is 1. The highest BCUT2D eigenvalue weighted by Gasteiger charge is 2.21. The second-order valence-electron chi connectivity index (χ2n) is 5.83. The van der Waals surface area contributed by atoms with Gasteiger partial charge in [0, 0.05) is 24.9 Å². The number of hydrogen-bond donors (Lipinski definition) is 2. The number of aliphatic imine (C=N–C) groups is 1. The Morgan fingerprint density at radius 3 is 2.91 bits per heavy atom. The summed E-state index contributed by atoms with van der Waals surface area (Å²) in [7, 11) is 1.73. The molecule has 128 valence electrons. The molecular formula is C17H25F2N3S. The summed E-state index contributed by atoms with van der Waals surface area (Å²) >= 11 is 1.92. The smallest absolute Gasteiger partial charge is 0.191 e. The van der Waals surface area contributed by atoms with Gasteiger partial charge in [-0.25, -0.2) is 8.78 Å². The van der Waals surface area contributed by atoms with Crippen LogP contribution in [0, 0.1) is 11.6 Å². The number of hydrogen-bond acceptors (Lipinski definition) is 2. The lowest BCUT2D eigenvalue weighted by Crippen LogP contribution is -2.46. The molecule has 3 nitrogen and oxygen atoms in total. The zero-order chi connectivity index (χ0) is 16.7. The molecule has 0 spiro atoms. The normalized spacial score (nSPS) is 22.0. The van der Waals surface area contributed by atoms with Crippen LogP contribution in [0.25, 0.3) is 0 Å². The minimum atomic E-state index is -0.796. The molecule has 1 aliphatic carbocycles. The summed E-state index contributed by atoms with van der Waals surface area (Å²) in [6, 6.07) is 4.71. The third kappa shape index (κ3) is 5.37. The molecule has 1 aliphatic rings. The Kier molecular flexibility index (Phi) is 7.15. The van der Waals surface area contributed by atoms with Crippen molar-refractivity contribution in [2.75, 3.05) is 19.8 Å². The minimum absolute atomic E-state index is 0.382. The summed E-state index contributed by atoms with van der Waals surface area (Å²) in [6.07, 6.45) is 7.38. The molecule has 1 saturated carbocycles. The fourth-order valence-corrected chi connectivity index (χ4v) is 3.76. The van der Waals surface area contributed by atoms with E-state index in [0.29, 0.717) is 29.8 Å². The fraction of sp³-hybridized carbons (Fsp3) is 0.588. The van der Waals surface area contributed by atoms with E-state index in [4.69, 9.17) is 0 Å². The quantitative estimate of drug-likeness (QED) is 0.637. The van der Waals surface area contributed by atoms with E-state index in [-0.39, 0.29) is 0 Å². The number of rotatable bonds is 5. The zero-order valence-corrected chi connectivity index (χ0v) is 14.6. The van der Waals surface area contributed by atoms with Crippen molar-refractivity contribution in [2.24, 2.45) is 4.99 Å². The molecule has 0 saturated heterocycles. The number of guanidine groups is 1. The van der Waals surface area contributed by atoms with E-state index < -0.39 is 11.6 Å². The molecule has 0 radical (unpaired) electrons. The van der Waals surface area contributed by atoms with Gasteiger partial charge in [-0.05, 0) is 43.6 Å². The predicted octanol–water partition coefficient (Wildman–Crippen LogP) is 3.35. The molecule has 2 N–H and O–H groups in total. The average Bonchev–Trinajstić information content (AvgIpc) is 2.58. The van der Waals surface area contributed by atoms with Crippen molar-refractivity contribution in [1.29, 1.82) is 0 Å². The first kappa shape index (κ1) is 18.0. The summed E-state index contributed by atoms with van der Waals surface area (Å²) in [5.41, 5.74) is 0.382. The molecule has 1 aromatic carbocycles. The van der Waals surface area contributed by atoms with Crippen molar-refractivity contribution < 1.29 is 8.78 Å². The van der Waals surface area contributed by atoms with Crippen LogP contribution in [-0.2, 0) is 6.42 Å². The van der Waals surface area contributed by atoms with Crippen molar-refractivity contribution in [3.8, 4) is 0 Å². The van der Waals surface area contributed by atoms with Gasteiger partial charge in [-0.15, -0.1) is 0 Å². The SMILES string of the molecule is CN=C(NCCc1cccc(F)c1F)NC1CCCC(SC)C1. The lowest BCUT2D eigenvalue weighted by atomic mass is 9.95. The van der Waals surface area contributed by atoms with E-state index in [2.05, 4.69) is 21.9 Å². The molecule has 1 fully saturated rings. The van der Waals surface area contributed by atoms with Gasteiger partial charge in [0.25, 0.3) is 0 Å². The van der Waals surface area contributed by atoms with Crippen molar-refractivity contribution in [3.05, 3.63) is 35.4 Å². The molecule has 2 rings (SSSR count). The average molecular weight is 341 g/mol. The van der Waals surface area contributed by atoms with Gasteiger partial charge in [-0.1, -0.05) is 18.6 Å². The van der Waals surface area contributed by atoms with E-state index in [1.165, 1.54) is 18.9 Å². The number of thioether (sulfide) groups is 1. The van der Waals surface area contributed by atoms with Crippen LogP contribution in [0.4, 0.5) is 8.78 Å². The Labute approximate surface area is 141 Å². The van der Waals surface area contributed by atoms with Crippen LogP contribution in [0.5, 0.6) is 0 Å². The molecule has 6 heteroatoms. The summed E-state index contributed by atoms with van der Waals surface area (Å²) in [5.74, 6) is -0.823. The van der Waals surface area contributed by atoms with E-state index in [1.54, 1.807) is 13.1 Å². The summed E-state index contributed by atoms with van der Waals surface area (Å²) in [4.78, 5) is 4.22. The molecule has 0 heterocycles. The Morgan fingerprint density at radius 2 is 2.17 bits per heavy atom. The number of benzene rings is 1. The highest BCUT2D eigenvalue weighted by atomic mass is 32.2. The standard InChI is InChI=1S/C17H25F2N3S/c1-20-17(22-13-6-4-7-14(11-13)23-2)21-10-9-12-5-3-8-15(18)16(12)19/h3,5,8,13-14H,4,6-7,9-11H2,1-2H3,(H2,20,21,22). The van der Waals surface area contributed by atoms with Crippen molar-refractivity contribution in [1.82, 2.24) is 10.6 Å². The molecule has 0 bridgehead atoms. The van der Waals surface area contributed by atoms with Crippen LogP contribution in [0.2, 0.25) is 0 Å². The van der Waals surface area contributed by atoms with Crippen molar-refractivity contribution in [3.63, 3.8) is 0 Å². The molecular weight excluding hydrogens is 316 g/mol. The third-order valence-electron chi connectivity index (χ3n) is 4.24. The molecule has 2 unspecified atom stereocenters. The van der Waals surface area contributed by atoms with E-state index in [1.807, 2.05) is 11.8 Å². The van der Waals surface area contributed by atoms with Crippen LogP contribution in [0.15, 0.2) is 23.2 Å². The maximum Gasteiger partial charge on any atom is 0.191 e. The van der Waals surface area contributed by atoms with E-state index in [9.17, 15) is 8.78 Å². The van der Waals surface area contributed by atoms with E-state index in [0.717, 1.165) is 24.9 Å². The van der Waals surface area contributed by atoms with Crippen molar-refractivity contribution >= 4 is 17.7 Å². The molecule has 0 amide bonds. The highest BCUT2D eigenvalue weighted by molar-refractivity contribution is 7.99. The van der Waals surface area contributed by atoms with Crippen LogP contribution in [0.1, 0.15) is 31.2 Å². The molecule has 1 aromatic rings. The first-order valence-corrected chi connectivity index (χ1v) is 9.35. The number of halogens is 2. The van der Waals surface area contributed by atoms with Crippen molar-refractivity contribution in [2.45, 2.75) is 43.4 Å². The Morgan fingerprint density at radius 1 is 1.35 bits per heavy atom. The van der Waals surface area contributed by atoms with Gasteiger partial charge in [0.05, 0.1) is 0 Å². The van der Waals surface area contributed by atoms with E-state index >= 15 is 0 Å². The second-order valence-corrected chi connectivity index (χ2v) is 6.97. The maximum absolute atomic E-state index is 13.6. The monoisotopic (exact) mass is 341 g/mol. The van der Waals surface area contributed by atoms with Gasteiger partial charge in [-0.2, -0.15) is 11.8 Å². The maximum atomic E-state index is 13.6. The van der Waals surface area contributed by atoms with Gasteiger partial charge in [0.15, 0.2) is 17.6 Å². The predicted molar refractivity (Wildman–Crippen MR) is 94.1 cm³/mol. The molecule has 2 atom stereocenters. The van der Waals surface area contributed by atoms with Gasteiger partial charge in [0.2, 0.25) is 0 Å². The number of nitrogens with one attached hydrogen (secondary N) is 2. The van der Waals surface area contributed by atoms with Gasteiger partial charge in [0.1, 0.15) is 0 Å². The molecule has 0 aliphatic heterocycles. The molecule has 0 aromatic heterocycles. The second kappa shape index (κ2) is 9.11. The van der Waals surface area contributed by atoms with Crippen LogP contribution in [0.3, 0.4) is 0 Å². The fourth-order valence-electron chi connectivity index (χ4n) is 2.94.